The van der Waals surface area contributed by atoms with Crippen LogP contribution in [0.5, 0.6) is 0 Å². The highest BCUT2D eigenvalue weighted by Gasteiger charge is 2.56. The third kappa shape index (κ3) is 4.99. The number of nitrogens with zero attached hydrogens (tertiary/aromatic N) is 1. The fourth-order valence-electron chi connectivity index (χ4n) is 5.11. The number of esters is 3. The Balaban J connectivity index is 1.56. The number of amides is 2. The monoisotopic (exact) mass is 597 g/mol. The quantitative estimate of drug-likeness (QED) is 0.143. The minimum atomic E-state index is -1.32. The maximum atomic E-state index is 13.7. The zero-order valence-electron chi connectivity index (χ0n) is 21.2. The van der Waals surface area contributed by atoms with Crippen molar-refractivity contribution in [3.8, 4) is 0 Å². The summed E-state index contributed by atoms with van der Waals surface area (Å²) >= 11 is 3.37. The average Bonchev–Trinajstić information content (AvgIpc) is 3.10. The predicted molar refractivity (Wildman–Crippen MR) is 141 cm³/mol. The van der Waals surface area contributed by atoms with Gasteiger partial charge in [-0.2, -0.15) is 0 Å². The minimum absolute atomic E-state index is 0.190. The molecule has 1 fully saturated rings. The van der Waals surface area contributed by atoms with Gasteiger partial charge in [0.2, 0.25) is 0 Å². The standard InChI is InChI=1S/C28H24BrNO9/c1-13(31)36-12-22-24(37-14(2)32)25(38-15(3)33)23(26(29)39-22)30-27(34)20-10-18-8-16-6-4-5-7-17(16)9-19(18)11-21(20)28(30)35/h4-11,22-26H,12H2,1-3H3/t22-,23-,24-,25-,26-/m1/s1. The summed E-state index contributed by atoms with van der Waals surface area (Å²) in [6.45, 7) is 3.19. The third-order valence-corrected chi connectivity index (χ3v) is 7.45. The number of benzene rings is 3. The second-order valence-electron chi connectivity index (χ2n) is 9.39. The molecule has 0 N–H and O–H groups in total. The van der Waals surface area contributed by atoms with Crippen molar-refractivity contribution in [3.05, 3.63) is 59.7 Å². The number of carbonyl (C=O) groups excluding carboxylic acids is 5. The minimum Gasteiger partial charge on any atom is -0.463 e. The van der Waals surface area contributed by atoms with E-state index in [4.69, 9.17) is 18.9 Å². The molecule has 2 heterocycles. The Hall–Kier alpha value is -3.83. The zero-order valence-corrected chi connectivity index (χ0v) is 22.8. The van der Waals surface area contributed by atoms with Gasteiger partial charge in [-0.1, -0.05) is 40.2 Å². The van der Waals surface area contributed by atoms with E-state index in [0.717, 1.165) is 40.3 Å². The van der Waals surface area contributed by atoms with Crippen LogP contribution < -0.4 is 0 Å². The summed E-state index contributed by atoms with van der Waals surface area (Å²) in [5, 5.41) is 2.48. The van der Waals surface area contributed by atoms with Crippen molar-refractivity contribution in [2.24, 2.45) is 0 Å². The van der Waals surface area contributed by atoms with Crippen molar-refractivity contribution >= 4 is 67.2 Å². The summed E-state index contributed by atoms with van der Waals surface area (Å²) in [5.74, 6) is -3.27. The van der Waals surface area contributed by atoms with Gasteiger partial charge in [0.15, 0.2) is 12.2 Å². The average molecular weight is 598 g/mol. The Morgan fingerprint density at radius 1 is 0.795 bits per heavy atom. The first kappa shape index (κ1) is 26.8. The van der Waals surface area contributed by atoms with Gasteiger partial charge in [-0.15, -0.1) is 0 Å². The lowest BCUT2D eigenvalue weighted by Crippen LogP contribution is -2.65. The Kier molecular flexibility index (Phi) is 7.13. The summed E-state index contributed by atoms with van der Waals surface area (Å²) in [5.41, 5.74) is 0.380. The van der Waals surface area contributed by atoms with Crippen LogP contribution in [0.2, 0.25) is 0 Å². The highest BCUT2D eigenvalue weighted by atomic mass is 79.9. The molecule has 0 saturated carbocycles. The molecule has 2 amide bonds. The van der Waals surface area contributed by atoms with Crippen LogP contribution in [-0.4, -0.2) is 70.6 Å². The van der Waals surface area contributed by atoms with E-state index in [1.807, 2.05) is 36.4 Å². The number of ether oxygens (including phenoxy) is 4. The summed E-state index contributed by atoms with van der Waals surface area (Å²) in [7, 11) is 0. The highest BCUT2D eigenvalue weighted by molar-refractivity contribution is 9.09. The van der Waals surface area contributed by atoms with Crippen LogP contribution in [-0.2, 0) is 33.3 Å². The SMILES string of the molecule is CC(=O)OC[C@H]1O[C@@H](Br)[C@H](N2C(=O)c3cc4cc5ccccc5cc4cc3C2=O)[C@@H](OC(C)=O)[C@@H]1OC(C)=O. The smallest absolute Gasteiger partial charge is 0.303 e. The molecule has 11 heteroatoms. The normalized spacial score (nSPS) is 24.5. The lowest BCUT2D eigenvalue weighted by Gasteiger charge is -2.45. The number of carbonyl (C=O) groups is 5. The molecule has 3 aromatic rings. The molecule has 1 saturated heterocycles. The molecule has 0 unspecified atom stereocenters. The summed E-state index contributed by atoms with van der Waals surface area (Å²) in [4.78, 5) is 64.0. The van der Waals surface area contributed by atoms with Gasteiger partial charge in [-0.3, -0.25) is 28.9 Å². The Labute approximate surface area is 231 Å². The topological polar surface area (TPSA) is 126 Å². The van der Waals surface area contributed by atoms with Crippen molar-refractivity contribution in [1.29, 1.82) is 0 Å². The van der Waals surface area contributed by atoms with E-state index >= 15 is 0 Å². The molecular weight excluding hydrogens is 574 g/mol. The van der Waals surface area contributed by atoms with E-state index in [0.29, 0.717) is 0 Å². The van der Waals surface area contributed by atoms with Gasteiger partial charge in [0, 0.05) is 20.8 Å². The lowest BCUT2D eigenvalue weighted by atomic mass is 9.96. The van der Waals surface area contributed by atoms with E-state index in [-0.39, 0.29) is 17.7 Å². The molecule has 5 rings (SSSR count). The molecule has 39 heavy (non-hydrogen) atoms. The van der Waals surface area contributed by atoms with Crippen LogP contribution in [0, 0.1) is 0 Å². The zero-order chi connectivity index (χ0) is 28.0. The van der Waals surface area contributed by atoms with Crippen LogP contribution in [0.25, 0.3) is 21.5 Å². The number of halogens is 1. The Morgan fingerprint density at radius 3 is 1.79 bits per heavy atom. The molecule has 0 spiro atoms. The van der Waals surface area contributed by atoms with Gasteiger partial charge in [-0.05, 0) is 45.8 Å². The van der Waals surface area contributed by atoms with E-state index in [1.165, 1.54) is 6.92 Å². The molecule has 0 aliphatic carbocycles. The van der Waals surface area contributed by atoms with Gasteiger partial charge >= 0.3 is 17.9 Å². The van der Waals surface area contributed by atoms with Crippen LogP contribution in [0.1, 0.15) is 41.5 Å². The Morgan fingerprint density at radius 2 is 1.31 bits per heavy atom. The van der Waals surface area contributed by atoms with Gasteiger partial charge < -0.3 is 18.9 Å². The Bertz CT molecular complexity index is 1460. The molecule has 202 valence electrons. The second kappa shape index (κ2) is 10.4. The fourth-order valence-corrected chi connectivity index (χ4v) is 5.92. The molecule has 3 aromatic carbocycles. The van der Waals surface area contributed by atoms with E-state index in [2.05, 4.69) is 15.9 Å². The first-order valence-electron chi connectivity index (χ1n) is 12.2. The lowest BCUT2D eigenvalue weighted by molar-refractivity contribution is -0.216. The molecule has 0 radical (unpaired) electrons. The third-order valence-electron chi connectivity index (χ3n) is 6.69. The van der Waals surface area contributed by atoms with Gasteiger partial charge in [0.1, 0.15) is 23.8 Å². The maximum absolute atomic E-state index is 13.7. The maximum Gasteiger partial charge on any atom is 0.303 e. The number of hydrogen-bond donors (Lipinski definition) is 0. The van der Waals surface area contributed by atoms with E-state index in [1.54, 1.807) is 12.1 Å². The summed E-state index contributed by atoms with van der Waals surface area (Å²) in [6, 6.07) is 13.8. The van der Waals surface area contributed by atoms with Gasteiger partial charge in [-0.25, -0.2) is 0 Å². The van der Waals surface area contributed by atoms with Crippen molar-refractivity contribution in [1.82, 2.24) is 4.90 Å². The van der Waals surface area contributed by atoms with Crippen molar-refractivity contribution in [2.75, 3.05) is 6.61 Å². The van der Waals surface area contributed by atoms with Crippen LogP contribution >= 0.6 is 15.9 Å². The highest BCUT2D eigenvalue weighted by Crippen LogP contribution is 2.38. The van der Waals surface area contributed by atoms with E-state index < -0.39 is 59.1 Å². The van der Waals surface area contributed by atoms with Crippen molar-refractivity contribution in [3.63, 3.8) is 0 Å². The molecule has 0 bridgehead atoms. The fraction of sp³-hybridized carbons (Fsp3) is 0.321. The molecule has 2 aliphatic rings. The molecular formula is C28H24BrNO9. The van der Waals surface area contributed by atoms with Crippen molar-refractivity contribution in [2.45, 2.75) is 50.1 Å². The van der Waals surface area contributed by atoms with Gasteiger partial charge in [0.05, 0.1) is 11.1 Å². The molecule has 0 aromatic heterocycles. The van der Waals surface area contributed by atoms with Crippen molar-refractivity contribution < 1.29 is 42.9 Å². The van der Waals surface area contributed by atoms with Gasteiger partial charge in [0.25, 0.3) is 11.8 Å². The number of imide groups is 1. The van der Waals surface area contributed by atoms with Crippen LogP contribution in [0.15, 0.2) is 48.5 Å². The molecule has 10 nitrogen and oxygen atoms in total. The number of rotatable bonds is 5. The molecule has 5 atom stereocenters. The van der Waals surface area contributed by atoms with E-state index in [9.17, 15) is 24.0 Å². The molecule has 2 aliphatic heterocycles. The summed E-state index contributed by atoms with van der Waals surface area (Å²) in [6.07, 6.45) is -3.64. The number of hydrogen-bond acceptors (Lipinski definition) is 9. The predicted octanol–water partition coefficient (Wildman–Crippen LogP) is 3.50. The largest absolute Gasteiger partial charge is 0.463 e. The number of fused-ring (bicyclic) bond motifs is 3. The summed E-state index contributed by atoms with van der Waals surface area (Å²) < 4.78 is 22.0. The number of alkyl halides is 1. The first-order valence-corrected chi connectivity index (χ1v) is 13.1. The second-order valence-corrected chi connectivity index (χ2v) is 10.3. The van der Waals surface area contributed by atoms with Crippen LogP contribution in [0.3, 0.4) is 0 Å². The first-order chi connectivity index (χ1) is 18.5. The van der Waals surface area contributed by atoms with Crippen LogP contribution in [0.4, 0.5) is 0 Å².